The Labute approximate surface area is 94.5 Å². The van der Waals surface area contributed by atoms with Gasteiger partial charge in [0, 0.05) is 6.04 Å². The molecule has 1 rings (SSSR count). The van der Waals surface area contributed by atoms with Gasteiger partial charge in [-0.1, -0.05) is 33.6 Å². The van der Waals surface area contributed by atoms with Gasteiger partial charge in [0.05, 0.1) is 6.10 Å². The zero-order chi connectivity index (χ0) is 11.3. The molecule has 3 atom stereocenters. The van der Waals surface area contributed by atoms with Crippen molar-refractivity contribution in [1.82, 2.24) is 5.32 Å². The van der Waals surface area contributed by atoms with Gasteiger partial charge in [0.2, 0.25) is 0 Å². The molecule has 2 N–H and O–H groups in total. The molecule has 0 aromatic rings. The molecule has 1 aliphatic carbocycles. The highest BCUT2D eigenvalue weighted by molar-refractivity contribution is 4.78. The summed E-state index contributed by atoms with van der Waals surface area (Å²) in [5, 5.41) is 13.3. The molecule has 1 saturated carbocycles. The molecule has 0 aromatic carbocycles. The van der Waals surface area contributed by atoms with Crippen LogP contribution in [0.5, 0.6) is 0 Å². The van der Waals surface area contributed by atoms with E-state index in [2.05, 4.69) is 26.1 Å². The van der Waals surface area contributed by atoms with Crippen LogP contribution in [0.15, 0.2) is 0 Å². The summed E-state index contributed by atoms with van der Waals surface area (Å²) < 4.78 is 0. The lowest BCUT2D eigenvalue weighted by molar-refractivity contribution is 0.113. The average Bonchev–Trinajstić information content (AvgIpc) is 2.20. The van der Waals surface area contributed by atoms with E-state index in [4.69, 9.17) is 0 Å². The van der Waals surface area contributed by atoms with Crippen LogP contribution in [0.2, 0.25) is 0 Å². The van der Waals surface area contributed by atoms with Crippen molar-refractivity contribution in [3.8, 4) is 0 Å². The number of aliphatic hydroxyl groups excluding tert-OH is 1. The van der Waals surface area contributed by atoms with Gasteiger partial charge in [0.15, 0.2) is 0 Å². The molecular weight excluding hydrogens is 186 g/mol. The molecule has 0 spiro atoms. The zero-order valence-corrected chi connectivity index (χ0v) is 10.5. The third kappa shape index (κ3) is 4.52. The number of nitrogens with one attached hydrogen (secondary N) is 1. The molecule has 0 bridgehead atoms. The van der Waals surface area contributed by atoms with Crippen LogP contribution >= 0.6 is 0 Å². The van der Waals surface area contributed by atoms with Crippen molar-refractivity contribution >= 4 is 0 Å². The number of rotatable bonds is 5. The molecule has 0 saturated heterocycles. The van der Waals surface area contributed by atoms with Crippen molar-refractivity contribution in [3.05, 3.63) is 0 Å². The summed E-state index contributed by atoms with van der Waals surface area (Å²) in [6.07, 6.45) is 6.20. The van der Waals surface area contributed by atoms with Gasteiger partial charge >= 0.3 is 0 Å². The first-order valence-electron chi connectivity index (χ1n) is 6.52. The van der Waals surface area contributed by atoms with Crippen molar-refractivity contribution in [3.63, 3.8) is 0 Å². The van der Waals surface area contributed by atoms with Crippen LogP contribution in [-0.2, 0) is 0 Å². The predicted molar refractivity (Wildman–Crippen MR) is 64.9 cm³/mol. The molecule has 0 radical (unpaired) electrons. The van der Waals surface area contributed by atoms with E-state index >= 15 is 0 Å². The smallest absolute Gasteiger partial charge is 0.0575 e. The Morgan fingerprint density at radius 2 is 1.93 bits per heavy atom. The fourth-order valence-corrected chi connectivity index (χ4v) is 2.37. The second-order valence-electron chi connectivity index (χ2n) is 5.42. The minimum atomic E-state index is -0.142. The van der Waals surface area contributed by atoms with Crippen LogP contribution < -0.4 is 5.32 Å². The van der Waals surface area contributed by atoms with Crippen molar-refractivity contribution < 1.29 is 5.11 Å². The molecule has 1 aliphatic rings. The van der Waals surface area contributed by atoms with Crippen LogP contribution in [0, 0.1) is 11.8 Å². The minimum absolute atomic E-state index is 0.142. The van der Waals surface area contributed by atoms with Gasteiger partial charge in [-0.3, -0.25) is 0 Å². The molecule has 0 aromatic heterocycles. The topological polar surface area (TPSA) is 32.3 Å². The molecule has 1 fully saturated rings. The van der Waals surface area contributed by atoms with E-state index in [-0.39, 0.29) is 6.10 Å². The summed E-state index contributed by atoms with van der Waals surface area (Å²) >= 11 is 0. The van der Waals surface area contributed by atoms with Crippen LogP contribution in [-0.4, -0.2) is 23.8 Å². The highest BCUT2D eigenvalue weighted by atomic mass is 16.3. The highest BCUT2D eigenvalue weighted by Gasteiger charge is 2.20. The molecule has 15 heavy (non-hydrogen) atoms. The molecule has 2 nitrogen and oxygen atoms in total. The second kappa shape index (κ2) is 6.49. The lowest BCUT2D eigenvalue weighted by atomic mass is 9.86. The maximum atomic E-state index is 9.68. The third-order valence-corrected chi connectivity index (χ3v) is 3.73. The van der Waals surface area contributed by atoms with Gasteiger partial charge in [-0.05, 0) is 37.6 Å². The number of hydrogen-bond acceptors (Lipinski definition) is 2. The van der Waals surface area contributed by atoms with E-state index in [0.29, 0.717) is 12.0 Å². The summed E-state index contributed by atoms with van der Waals surface area (Å²) in [5.74, 6) is 1.20. The Bertz CT molecular complexity index is 170. The maximum Gasteiger partial charge on any atom is 0.0575 e. The monoisotopic (exact) mass is 213 g/mol. The Morgan fingerprint density at radius 3 is 2.53 bits per heavy atom. The third-order valence-electron chi connectivity index (χ3n) is 3.73. The van der Waals surface area contributed by atoms with E-state index in [1.807, 2.05) is 0 Å². The van der Waals surface area contributed by atoms with Crippen LogP contribution in [0.25, 0.3) is 0 Å². The van der Waals surface area contributed by atoms with Gasteiger partial charge in [0.25, 0.3) is 0 Å². The van der Waals surface area contributed by atoms with E-state index < -0.39 is 0 Å². The Hall–Kier alpha value is -0.0800. The highest BCUT2D eigenvalue weighted by Crippen LogP contribution is 2.23. The standard InChI is InChI=1S/C13H27NO/c1-10(2)13(15)8-9-14-12-7-5-4-6-11(12)3/h10-15H,4-9H2,1-3H3. The van der Waals surface area contributed by atoms with Crippen LogP contribution in [0.3, 0.4) is 0 Å². The molecule has 90 valence electrons. The normalized spacial score (nSPS) is 29.4. The first-order chi connectivity index (χ1) is 7.11. The van der Waals surface area contributed by atoms with Crippen LogP contribution in [0.4, 0.5) is 0 Å². The molecule has 0 aliphatic heterocycles. The second-order valence-corrected chi connectivity index (χ2v) is 5.42. The zero-order valence-electron chi connectivity index (χ0n) is 10.5. The van der Waals surface area contributed by atoms with Crippen molar-refractivity contribution in [2.45, 2.75) is 65.0 Å². The average molecular weight is 213 g/mol. The molecule has 2 heteroatoms. The van der Waals surface area contributed by atoms with Crippen molar-refractivity contribution in [2.24, 2.45) is 11.8 Å². The minimum Gasteiger partial charge on any atom is -0.393 e. The summed E-state index contributed by atoms with van der Waals surface area (Å²) in [7, 11) is 0. The molecule has 0 heterocycles. The van der Waals surface area contributed by atoms with Crippen molar-refractivity contribution in [1.29, 1.82) is 0 Å². The Morgan fingerprint density at radius 1 is 1.27 bits per heavy atom. The quantitative estimate of drug-likeness (QED) is 0.735. The summed E-state index contributed by atoms with van der Waals surface area (Å²) in [4.78, 5) is 0. The molecular formula is C13H27NO. The lowest BCUT2D eigenvalue weighted by Crippen LogP contribution is -2.38. The van der Waals surface area contributed by atoms with E-state index in [1.165, 1.54) is 25.7 Å². The van der Waals surface area contributed by atoms with Gasteiger partial charge < -0.3 is 10.4 Å². The number of aliphatic hydroxyl groups is 1. The van der Waals surface area contributed by atoms with E-state index in [1.54, 1.807) is 0 Å². The van der Waals surface area contributed by atoms with E-state index in [0.717, 1.165) is 18.9 Å². The SMILES string of the molecule is CC(C)C(O)CCNC1CCCCC1C. The van der Waals surface area contributed by atoms with Gasteiger partial charge in [-0.2, -0.15) is 0 Å². The largest absolute Gasteiger partial charge is 0.393 e. The van der Waals surface area contributed by atoms with Crippen molar-refractivity contribution in [2.75, 3.05) is 6.54 Å². The first-order valence-corrected chi connectivity index (χ1v) is 6.52. The molecule has 3 unspecified atom stereocenters. The van der Waals surface area contributed by atoms with Crippen LogP contribution in [0.1, 0.15) is 52.9 Å². The predicted octanol–water partition coefficient (Wildman–Crippen LogP) is 2.56. The van der Waals surface area contributed by atoms with Gasteiger partial charge in [-0.15, -0.1) is 0 Å². The Balaban J connectivity index is 2.13. The molecule has 0 amide bonds. The lowest BCUT2D eigenvalue weighted by Gasteiger charge is -2.30. The summed E-state index contributed by atoms with van der Waals surface area (Å²) in [6.45, 7) is 7.46. The summed E-state index contributed by atoms with van der Waals surface area (Å²) in [5.41, 5.74) is 0. The maximum absolute atomic E-state index is 9.68. The van der Waals surface area contributed by atoms with Gasteiger partial charge in [-0.25, -0.2) is 0 Å². The van der Waals surface area contributed by atoms with Gasteiger partial charge in [0.1, 0.15) is 0 Å². The van der Waals surface area contributed by atoms with E-state index in [9.17, 15) is 5.11 Å². The fraction of sp³-hybridized carbons (Fsp3) is 1.00. The number of hydrogen-bond donors (Lipinski definition) is 2. The first kappa shape index (κ1) is 13.0. The fourth-order valence-electron chi connectivity index (χ4n) is 2.37. The Kier molecular flexibility index (Phi) is 5.62. The summed E-state index contributed by atoms with van der Waals surface area (Å²) in [6, 6.07) is 0.693.